The number of carbonyl (C=O) groups is 2. The van der Waals surface area contributed by atoms with E-state index in [1.54, 1.807) is 6.92 Å². The zero-order chi connectivity index (χ0) is 18.7. The van der Waals surface area contributed by atoms with Gasteiger partial charge in [0.1, 0.15) is 0 Å². The maximum absolute atomic E-state index is 10.9. The molecule has 0 spiro atoms. The Hall–Kier alpha value is -1.24. The number of aliphatic hydroxyl groups is 2. The van der Waals surface area contributed by atoms with Crippen molar-refractivity contribution in [3.63, 3.8) is 0 Å². The van der Waals surface area contributed by atoms with E-state index in [-0.39, 0.29) is 13.2 Å². The largest absolute Gasteiger partial charge is 0.396 e. The summed E-state index contributed by atoms with van der Waals surface area (Å²) in [6.45, 7) is 11.2. The molecule has 0 aliphatic rings. The van der Waals surface area contributed by atoms with Gasteiger partial charge in [0.25, 0.3) is 5.91 Å². The number of hydrogen-bond acceptors (Lipinski definition) is 5. The van der Waals surface area contributed by atoms with Crippen LogP contribution in [0, 0.1) is 11.8 Å². The maximum atomic E-state index is 10.9. The van der Waals surface area contributed by atoms with Crippen LogP contribution in [-0.4, -0.2) is 53.7 Å². The van der Waals surface area contributed by atoms with Gasteiger partial charge in [0, 0.05) is 6.61 Å². The summed E-state index contributed by atoms with van der Waals surface area (Å²) in [6, 6.07) is 0. The molecular weight excluding hydrogens is 296 g/mol. The van der Waals surface area contributed by atoms with Crippen LogP contribution < -0.4 is 5.73 Å². The van der Waals surface area contributed by atoms with Crippen molar-refractivity contribution in [3.8, 4) is 0 Å². The number of allylic oxidation sites excluding steroid dienone is 1. The molecule has 0 fully saturated rings. The lowest BCUT2D eigenvalue weighted by molar-refractivity contribution is -0.134. The SMILES string of the molecule is C/C=C\C(=O)N(C=O)CCO.CC(C)CCN.CC(C)CCO. The molecule has 4 N–H and O–H groups in total. The first kappa shape index (κ1) is 26.6. The van der Waals surface area contributed by atoms with Crippen molar-refractivity contribution in [1.29, 1.82) is 0 Å². The summed E-state index contributed by atoms with van der Waals surface area (Å²) < 4.78 is 0. The Morgan fingerprint density at radius 1 is 1.09 bits per heavy atom. The Morgan fingerprint density at radius 2 is 1.61 bits per heavy atom. The van der Waals surface area contributed by atoms with Gasteiger partial charge in [0.2, 0.25) is 6.41 Å². The predicted molar refractivity (Wildman–Crippen MR) is 94.7 cm³/mol. The minimum Gasteiger partial charge on any atom is -0.396 e. The Labute approximate surface area is 141 Å². The van der Waals surface area contributed by atoms with E-state index >= 15 is 0 Å². The first-order valence-corrected chi connectivity index (χ1v) is 8.10. The number of nitrogens with two attached hydrogens (primary N) is 1. The maximum Gasteiger partial charge on any atom is 0.252 e. The summed E-state index contributed by atoms with van der Waals surface area (Å²) in [5.41, 5.74) is 5.23. The van der Waals surface area contributed by atoms with Crippen molar-refractivity contribution >= 4 is 12.3 Å². The Kier molecular flexibility index (Phi) is 24.1. The summed E-state index contributed by atoms with van der Waals surface area (Å²) >= 11 is 0. The van der Waals surface area contributed by atoms with Gasteiger partial charge in [-0.15, -0.1) is 0 Å². The third-order valence-corrected chi connectivity index (χ3v) is 2.51. The third-order valence-electron chi connectivity index (χ3n) is 2.51. The number of imide groups is 1. The minimum absolute atomic E-state index is 0.0483. The fraction of sp³-hybridized carbons (Fsp3) is 0.765. The summed E-state index contributed by atoms with van der Waals surface area (Å²) in [7, 11) is 0. The van der Waals surface area contributed by atoms with Crippen LogP contribution in [0.1, 0.15) is 47.5 Å². The average molecular weight is 332 g/mol. The molecule has 0 unspecified atom stereocenters. The van der Waals surface area contributed by atoms with Crippen LogP contribution in [0.25, 0.3) is 0 Å². The molecule has 2 amide bonds. The number of amides is 2. The normalized spacial score (nSPS) is 10.0. The molecule has 0 radical (unpaired) electrons. The second-order valence-corrected chi connectivity index (χ2v) is 5.74. The van der Waals surface area contributed by atoms with Crippen LogP contribution in [0.4, 0.5) is 0 Å². The van der Waals surface area contributed by atoms with E-state index in [1.807, 2.05) is 0 Å². The lowest BCUT2D eigenvalue weighted by atomic mass is 10.1. The van der Waals surface area contributed by atoms with Crippen LogP contribution in [0.15, 0.2) is 12.2 Å². The average Bonchev–Trinajstić information content (AvgIpc) is 2.46. The topological polar surface area (TPSA) is 104 Å². The molecule has 0 atom stereocenters. The monoisotopic (exact) mass is 332 g/mol. The highest BCUT2D eigenvalue weighted by Crippen LogP contribution is 1.95. The predicted octanol–water partition coefficient (Wildman–Crippen LogP) is 1.56. The summed E-state index contributed by atoms with van der Waals surface area (Å²) in [6.07, 6.45) is 5.29. The molecular formula is C17H36N2O4. The minimum atomic E-state index is -0.406. The molecule has 0 aromatic heterocycles. The highest BCUT2D eigenvalue weighted by molar-refractivity contribution is 5.94. The van der Waals surface area contributed by atoms with E-state index in [9.17, 15) is 9.59 Å². The Bertz CT molecular complexity index is 282. The van der Waals surface area contributed by atoms with Crippen molar-refractivity contribution < 1.29 is 19.8 Å². The van der Waals surface area contributed by atoms with Gasteiger partial charge < -0.3 is 15.9 Å². The summed E-state index contributed by atoms with van der Waals surface area (Å²) in [5, 5.41) is 16.6. The van der Waals surface area contributed by atoms with Crippen molar-refractivity contribution in [2.45, 2.75) is 47.5 Å². The zero-order valence-electron chi connectivity index (χ0n) is 15.4. The van der Waals surface area contributed by atoms with Crippen molar-refractivity contribution in [3.05, 3.63) is 12.2 Å². The summed E-state index contributed by atoms with van der Waals surface area (Å²) in [5.74, 6) is 1.02. The molecule has 138 valence electrons. The fourth-order valence-corrected chi connectivity index (χ4v) is 1.15. The smallest absolute Gasteiger partial charge is 0.252 e. The third kappa shape index (κ3) is 26.0. The van der Waals surface area contributed by atoms with Gasteiger partial charge in [-0.25, -0.2) is 0 Å². The first-order chi connectivity index (χ1) is 10.8. The van der Waals surface area contributed by atoms with Gasteiger partial charge in [-0.05, 0) is 44.2 Å². The molecule has 0 aliphatic heterocycles. The molecule has 0 heterocycles. The zero-order valence-corrected chi connectivity index (χ0v) is 15.4. The number of hydrogen-bond donors (Lipinski definition) is 3. The molecule has 0 aromatic carbocycles. The van der Waals surface area contributed by atoms with E-state index in [0.29, 0.717) is 18.9 Å². The molecule has 23 heavy (non-hydrogen) atoms. The molecule has 6 nitrogen and oxygen atoms in total. The highest BCUT2D eigenvalue weighted by Gasteiger charge is 2.06. The van der Waals surface area contributed by atoms with Crippen LogP contribution >= 0.6 is 0 Å². The summed E-state index contributed by atoms with van der Waals surface area (Å²) in [4.78, 5) is 21.9. The van der Waals surface area contributed by atoms with Crippen LogP contribution in [-0.2, 0) is 9.59 Å². The molecule has 0 saturated heterocycles. The number of carbonyl (C=O) groups excluding carboxylic acids is 2. The lowest BCUT2D eigenvalue weighted by Crippen LogP contribution is -2.30. The van der Waals surface area contributed by atoms with Gasteiger partial charge in [-0.1, -0.05) is 33.8 Å². The molecule has 0 aromatic rings. The number of rotatable bonds is 8. The number of nitrogens with zero attached hydrogens (tertiary/aromatic N) is 1. The molecule has 6 heteroatoms. The Morgan fingerprint density at radius 3 is 1.78 bits per heavy atom. The van der Waals surface area contributed by atoms with Gasteiger partial charge in [-0.2, -0.15) is 0 Å². The fourth-order valence-electron chi connectivity index (χ4n) is 1.15. The molecule has 0 saturated carbocycles. The van der Waals surface area contributed by atoms with Gasteiger partial charge >= 0.3 is 0 Å². The van der Waals surface area contributed by atoms with Crippen LogP contribution in [0.5, 0.6) is 0 Å². The molecule has 0 bridgehead atoms. The van der Waals surface area contributed by atoms with E-state index < -0.39 is 5.91 Å². The van der Waals surface area contributed by atoms with Crippen molar-refractivity contribution in [2.24, 2.45) is 17.6 Å². The van der Waals surface area contributed by atoms with Crippen molar-refractivity contribution in [1.82, 2.24) is 4.90 Å². The Balaban J connectivity index is -0.000000284. The number of aliphatic hydroxyl groups excluding tert-OH is 2. The van der Waals surface area contributed by atoms with E-state index in [4.69, 9.17) is 15.9 Å². The standard InChI is InChI=1S/C7H11NO3.C5H13N.C5H12O/c1-2-3-7(11)8(6-10)4-5-9;2*1-5(2)3-4-6/h2-3,6,9H,4-5H2,1H3;5H,3-4,6H2,1-2H3;5-6H,3-4H2,1-2H3/b3-2-;;. The lowest BCUT2D eigenvalue weighted by Gasteiger charge is -2.09. The van der Waals surface area contributed by atoms with E-state index in [0.717, 1.165) is 30.2 Å². The van der Waals surface area contributed by atoms with Gasteiger partial charge in [0.05, 0.1) is 13.2 Å². The van der Waals surface area contributed by atoms with Gasteiger partial charge in [-0.3, -0.25) is 14.5 Å². The van der Waals surface area contributed by atoms with Crippen LogP contribution in [0.3, 0.4) is 0 Å². The first-order valence-electron chi connectivity index (χ1n) is 8.10. The molecule has 0 aliphatic carbocycles. The van der Waals surface area contributed by atoms with E-state index in [1.165, 1.54) is 12.2 Å². The van der Waals surface area contributed by atoms with Crippen molar-refractivity contribution in [2.75, 3.05) is 26.3 Å². The van der Waals surface area contributed by atoms with Crippen LogP contribution in [0.2, 0.25) is 0 Å². The van der Waals surface area contributed by atoms with Gasteiger partial charge in [0.15, 0.2) is 0 Å². The quantitative estimate of drug-likeness (QED) is 0.462. The second kappa shape index (κ2) is 20.8. The molecule has 0 rings (SSSR count). The highest BCUT2D eigenvalue weighted by atomic mass is 16.3. The van der Waals surface area contributed by atoms with E-state index in [2.05, 4.69) is 27.7 Å². The second-order valence-electron chi connectivity index (χ2n) is 5.74.